The molecular weight excluding hydrogens is 244 g/mol. The second-order valence-corrected chi connectivity index (χ2v) is 7.12. The van der Waals surface area contributed by atoms with E-state index in [0.29, 0.717) is 9.80 Å². The predicted octanol–water partition coefficient (Wildman–Crippen LogP) is 3.86. The maximum absolute atomic E-state index is 12.4. The van der Waals surface area contributed by atoms with Crippen LogP contribution in [0.2, 0.25) is 0 Å². The first-order valence-electron chi connectivity index (χ1n) is 6.52. The van der Waals surface area contributed by atoms with Crippen molar-refractivity contribution < 1.29 is 8.42 Å². The molecule has 1 aliphatic carbocycles. The van der Waals surface area contributed by atoms with Crippen LogP contribution in [0.15, 0.2) is 40.6 Å². The minimum absolute atomic E-state index is 0.144. The van der Waals surface area contributed by atoms with Gasteiger partial charge in [0.05, 0.1) is 4.90 Å². The Hall–Kier alpha value is -1.09. The van der Waals surface area contributed by atoms with Crippen molar-refractivity contribution in [1.82, 2.24) is 0 Å². The number of hydrogen-bond donors (Lipinski definition) is 0. The smallest absolute Gasteiger partial charge is 0.202 e. The number of allylic oxidation sites excluding steroid dienone is 1. The highest BCUT2D eigenvalue weighted by molar-refractivity contribution is 7.95. The number of hydrogen-bond acceptors (Lipinski definition) is 2. The van der Waals surface area contributed by atoms with Gasteiger partial charge in [-0.1, -0.05) is 43.5 Å². The zero-order valence-electron chi connectivity index (χ0n) is 10.9. The summed E-state index contributed by atoms with van der Waals surface area (Å²) in [5, 5.41) is 0. The highest BCUT2D eigenvalue weighted by Gasteiger charge is 2.27. The third-order valence-corrected chi connectivity index (χ3v) is 5.65. The lowest BCUT2D eigenvalue weighted by Crippen LogP contribution is -2.16. The molecule has 3 heteroatoms. The topological polar surface area (TPSA) is 34.1 Å². The lowest BCUT2D eigenvalue weighted by atomic mass is 9.89. The second-order valence-electron chi connectivity index (χ2n) is 5.12. The Morgan fingerprint density at radius 2 is 1.67 bits per heavy atom. The molecule has 0 heterocycles. The zero-order chi connectivity index (χ0) is 13.2. The molecule has 0 N–H and O–H groups in total. The summed E-state index contributed by atoms with van der Waals surface area (Å²) < 4.78 is 24.9. The standard InChI is InChI=1S/C15H20O2S/c1-12-8-10-15(11-9-12)18(16,17)13(2)14-6-4-3-5-7-14/h8-11,14H,2-7H2,1H3. The highest BCUT2D eigenvalue weighted by atomic mass is 32.2. The molecule has 0 radical (unpaired) electrons. The van der Waals surface area contributed by atoms with Crippen LogP contribution < -0.4 is 0 Å². The fraction of sp³-hybridized carbons (Fsp3) is 0.467. The van der Waals surface area contributed by atoms with Crippen LogP contribution in [0.5, 0.6) is 0 Å². The molecule has 0 atom stereocenters. The van der Waals surface area contributed by atoms with Crippen LogP contribution in [0, 0.1) is 12.8 Å². The highest BCUT2D eigenvalue weighted by Crippen LogP contribution is 2.34. The van der Waals surface area contributed by atoms with E-state index in [1.807, 2.05) is 19.1 Å². The molecule has 0 unspecified atom stereocenters. The average molecular weight is 264 g/mol. The van der Waals surface area contributed by atoms with Gasteiger partial charge in [0.25, 0.3) is 0 Å². The minimum atomic E-state index is -3.35. The SMILES string of the molecule is C=C(C1CCCCC1)S(=O)(=O)c1ccc(C)cc1. The quantitative estimate of drug-likeness (QED) is 0.830. The maximum Gasteiger partial charge on any atom is 0.202 e. The molecule has 0 bridgehead atoms. The zero-order valence-corrected chi connectivity index (χ0v) is 11.7. The van der Waals surface area contributed by atoms with Crippen molar-refractivity contribution in [3.8, 4) is 0 Å². The molecule has 0 saturated heterocycles. The molecule has 1 aliphatic rings. The van der Waals surface area contributed by atoms with Crippen LogP contribution in [0.4, 0.5) is 0 Å². The summed E-state index contributed by atoms with van der Waals surface area (Å²) in [4.78, 5) is 0.787. The fourth-order valence-electron chi connectivity index (χ4n) is 2.51. The Balaban J connectivity index is 2.24. The predicted molar refractivity (Wildman–Crippen MR) is 74.1 cm³/mol. The monoisotopic (exact) mass is 264 g/mol. The molecule has 1 saturated carbocycles. The van der Waals surface area contributed by atoms with E-state index in [4.69, 9.17) is 0 Å². The van der Waals surface area contributed by atoms with E-state index in [-0.39, 0.29) is 5.92 Å². The molecule has 0 aliphatic heterocycles. The van der Waals surface area contributed by atoms with Crippen molar-refractivity contribution >= 4 is 9.84 Å². The Morgan fingerprint density at radius 1 is 1.11 bits per heavy atom. The van der Waals surface area contributed by atoms with Crippen molar-refractivity contribution in [2.75, 3.05) is 0 Å². The summed E-state index contributed by atoms with van der Waals surface area (Å²) in [5.74, 6) is 0.144. The van der Waals surface area contributed by atoms with Gasteiger partial charge in [0.1, 0.15) is 0 Å². The molecule has 98 valence electrons. The van der Waals surface area contributed by atoms with E-state index in [1.165, 1.54) is 6.42 Å². The van der Waals surface area contributed by atoms with Gasteiger partial charge < -0.3 is 0 Å². The van der Waals surface area contributed by atoms with E-state index in [0.717, 1.165) is 31.2 Å². The molecule has 18 heavy (non-hydrogen) atoms. The lowest BCUT2D eigenvalue weighted by Gasteiger charge is -2.23. The minimum Gasteiger partial charge on any atom is -0.219 e. The molecule has 0 spiro atoms. The van der Waals surface area contributed by atoms with E-state index < -0.39 is 9.84 Å². The maximum atomic E-state index is 12.4. The fourth-order valence-corrected chi connectivity index (χ4v) is 3.98. The van der Waals surface area contributed by atoms with Gasteiger partial charge in [-0.3, -0.25) is 0 Å². The Kier molecular flexibility index (Phi) is 3.91. The summed E-state index contributed by atoms with van der Waals surface area (Å²) in [5.41, 5.74) is 1.07. The van der Waals surface area contributed by atoms with Gasteiger partial charge in [0.15, 0.2) is 0 Å². The van der Waals surface area contributed by atoms with Crippen molar-refractivity contribution in [2.24, 2.45) is 5.92 Å². The Bertz CT molecular complexity index is 520. The third-order valence-electron chi connectivity index (χ3n) is 3.74. The van der Waals surface area contributed by atoms with Crippen LogP contribution >= 0.6 is 0 Å². The van der Waals surface area contributed by atoms with Crippen LogP contribution in [-0.4, -0.2) is 8.42 Å². The molecular formula is C15H20O2S. The summed E-state index contributed by atoms with van der Waals surface area (Å²) >= 11 is 0. The third kappa shape index (κ3) is 2.66. The summed E-state index contributed by atoms with van der Waals surface area (Å²) in [6, 6.07) is 7.03. The summed E-state index contributed by atoms with van der Waals surface area (Å²) in [6.45, 7) is 5.81. The van der Waals surface area contributed by atoms with E-state index in [2.05, 4.69) is 6.58 Å². The van der Waals surface area contributed by atoms with Crippen LogP contribution in [-0.2, 0) is 9.84 Å². The number of rotatable bonds is 3. The van der Waals surface area contributed by atoms with Crippen molar-refractivity contribution in [3.63, 3.8) is 0 Å². The van der Waals surface area contributed by atoms with E-state index in [1.54, 1.807) is 12.1 Å². The molecule has 2 rings (SSSR count). The Labute approximate surface area is 110 Å². The molecule has 0 amide bonds. The van der Waals surface area contributed by atoms with Crippen LogP contribution in [0.25, 0.3) is 0 Å². The van der Waals surface area contributed by atoms with Gasteiger partial charge >= 0.3 is 0 Å². The normalized spacial score (nSPS) is 17.6. The average Bonchev–Trinajstić information content (AvgIpc) is 2.39. The lowest BCUT2D eigenvalue weighted by molar-refractivity contribution is 0.411. The Morgan fingerprint density at radius 3 is 2.22 bits per heavy atom. The second kappa shape index (κ2) is 5.27. The molecule has 2 nitrogen and oxygen atoms in total. The van der Waals surface area contributed by atoms with Gasteiger partial charge in [-0.15, -0.1) is 0 Å². The van der Waals surface area contributed by atoms with Crippen LogP contribution in [0.3, 0.4) is 0 Å². The molecule has 0 aromatic heterocycles. The van der Waals surface area contributed by atoms with Crippen molar-refractivity contribution in [2.45, 2.75) is 43.9 Å². The first kappa shape index (κ1) is 13.3. The van der Waals surface area contributed by atoms with Gasteiger partial charge in [-0.2, -0.15) is 0 Å². The number of aryl methyl sites for hydroxylation is 1. The van der Waals surface area contributed by atoms with Gasteiger partial charge in [0, 0.05) is 4.91 Å². The first-order valence-corrected chi connectivity index (χ1v) is 8.00. The van der Waals surface area contributed by atoms with Gasteiger partial charge in [-0.25, -0.2) is 8.42 Å². The largest absolute Gasteiger partial charge is 0.219 e. The summed E-state index contributed by atoms with van der Waals surface area (Å²) in [6.07, 6.45) is 5.38. The van der Waals surface area contributed by atoms with Gasteiger partial charge in [0.2, 0.25) is 9.84 Å². The van der Waals surface area contributed by atoms with E-state index >= 15 is 0 Å². The number of sulfone groups is 1. The molecule has 1 aromatic carbocycles. The van der Waals surface area contributed by atoms with E-state index in [9.17, 15) is 8.42 Å². The van der Waals surface area contributed by atoms with Crippen molar-refractivity contribution in [1.29, 1.82) is 0 Å². The van der Waals surface area contributed by atoms with Crippen molar-refractivity contribution in [3.05, 3.63) is 41.3 Å². The number of benzene rings is 1. The molecule has 1 aromatic rings. The first-order chi connectivity index (χ1) is 8.51. The van der Waals surface area contributed by atoms with Gasteiger partial charge in [-0.05, 0) is 37.8 Å². The summed E-state index contributed by atoms with van der Waals surface area (Å²) in [7, 11) is -3.35. The van der Waals surface area contributed by atoms with Crippen LogP contribution in [0.1, 0.15) is 37.7 Å². The molecule has 1 fully saturated rings.